The van der Waals surface area contributed by atoms with Gasteiger partial charge in [0.15, 0.2) is 5.69 Å². The smallest absolute Gasteiger partial charge is 0.267 e. The number of amides is 1. The van der Waals surface area contributed by atoms with Crippen molar-refractivity contribution in [3.8, 4) is 0 Å². The molecule has 6 heteroatoms. The van der Waals surface area contributed by atoms with Crippen LogP contribution in [-0.4, -0.2) is 21.4 Å². The third kappa shape index (κ3) is 4.42. The van der Waals surface area contributed by atoms with Gasteiger partial charge in [-0.15, -0.1) is 0 Å². The van der Waals surface area contributed by atoms with Crippen molar-refractivity contribution < 1.29 is 4.79 Å². The molecule has 2 aromatic carbocycles. The molecule has 0 spiro atoms. The molecule has 1 aliphatic carbocycles. The number of hydrogen-bond acceptors (Lipinski definition) is 4. The summed E-state index contributed by atoms with van der Waals surface area (Å²) in [4.78, 5) is 25.8. The van der Waals surface area contributed by atoms with Gasteiger partial charge in [0.05, 0.1) is 11.9 Å². The Morgan fingerprint density at radius 1 is 0.931 bits per heavy atom. The lowest BCUT2D eigenvalue weighted by Gasteiger charge is -2.11. The van der Waals surface area contributed by atoms with Crippen LogP contribution >= 0.6 is 0 Å². The van der Waals surface area contributed by atoms with Crippen LogP contribution in [0.5, 0.6) is 0 Å². The predicted octanol–water partition coefficient (Wildman–Crippen LogP) is 3.88. The number of carbonyl (C=O) groups is 1. The van der Waals surface area contributed by atoms with E-state index < -0.39 is 0 Å². The van der Waals surface area contributed by atoms with Crippen LogP contribution in [0.25, 0.3) is 10.8 Å². The molecule has 0 aliphatic heterocycles. The van der Waals surface area contributed by atoms with Crippen molar-refractivity contribution in [1.82, 2.24) is 15.2 Å². The van der Waals surface area contributed by atoms with E-state index in [9.17, 15) is 9.59 Å². The third-order valence-electron chi connectivity index (χ3n) is 5.25. The largest absolute Gasteiger partial charge is 0.292 e. The number of aromatic nitrogens is 2. The predicted molar refractivity (Wildman–Crippen MR) is 114 cm³/mol. The molecule has 1 amide bonds. The topological polar surface area (TPSA) is 76.3 Å². The van der Waals surface area contributed by atoms with E-state index in [1.807, 2.05) is 30.3 Å². The van der Waals surface area contributed by atoms with Gasteiger partial charge >= 0.3 is 0 Å². The number of fused-ring (bicyclic) bond motifs is 1. The van der Waals surface area contributed by atoms with E-state index in [1.165, 1.54) is 17.5 Å². The number of nitrogens with one attached hydrogen (secondary N) is 1. The Bertz CT molecular complexity index is 1090. The van der Waals surface area contributed by atoms with Gasteiger partial charge in [-0.05, 0) is 37.3 Å². The second-order valence-corrected chi connectivity index (χ2v) is 7.38. The van der Waals surface area contributed by atoms with Crippen LogP contribution in [0.2, 0.25) is 0 Å². The van der Waals surface area contributed by atoms with Gasteiger partial charge in [0.2, 0.25) is 0 Å². The summed E-state index contributed by atoms with van der Waals surface area (Å²) >= 11 is 0. The van der Waals surface area contributed by atoms with Crippen molar-refractivity contribution in [3.63, 3.8) is 0 Å². The normalized spacial score (nSPS) is 14.4. The van der Waals surface area contributed by atoms with Crippen molar-refractivity contribution in [2.75, 3.05) is 0 Å². The Morgan fingerprint density at radius 3 is 2.31 bits per heavy atom. The summed E-state index contributed by atoms with van der Waals surface area (Å²) in [6, 6.07) is 16.7. The first-order valence-electron chi connectivity index (χ1n) is 10.1. The number of hydrogen-bond donors (Lipinski definition) is 1. The fraction of sp³-hybridized carbons (Fsp3) is 0.304. The molecule has 1 heterocycles. The quantitative estimate of drug-likeness (QED) is 0.544. The van der Waals surface area contributed by atoms with Gasteiger partial charge in [0.1, 0.15) is 0 Å². The second-order valence-electron chi connectivity index (χ2n) is 7.38. The monoisotopic (exact) mass is 388 g/mol. The van der Waals surface area contributed by atoms with E-state index in [1.54, 1.807) is 24.3 Å². The maximum Gasteiger partial charge on any atom is 0.292 e. The highest BCUT2D eigenvalue weighted by Gasteiger charge is 2.17. The van der Waals surface area contributed by atoms with Crippen LogP contribution in [0.4, 0.5) is 0 Å². The molecule has 148 valence electrons. The summed E-state index contributed by atoms with van der Waals surface area (Å²) in [5.74, 6) is -0.389. The zero-order valence-electron chi connectivity index (χ0n) is 16.3. The van der Waals surface area contributed by atoms with Gasteiger partial charge < -0.3 is 0 Å². The third-order valence-corrected chi connectivity index (χ3v) is 5.25. The zero-order valence-corrected chi connectivity index (χ0v) is 16.3. The fourth-order valence-corrected chi connectivity index (χ4v) is 3.70. The number of carbonyl (C=O) groups excluding carboxylic acids is 1. The molecule has 0 radical (unpaired) electrons. The fourth-order valence-electron chi connectivity index (χ4n) is 3.70. The highest BCUT2D eigenvalue weighted by Crippen LogP contribution is 2.16. The molecule has 1 saturated carbocycles. The molecular formula is C23H24N4O2. The van der Waals surface area contributed by atoms with Gasteiger partial charge in [-0.1, -0.05) is 61.4 Å². The van der Waals surface area contributed by atoms with Gasteiger partial charge in [-0.2, -0.15) is 10.2 Å². The number of benzene rings is 2. The lowest BCUT2D eigenvalue weighted by molar-refractivity contribution is 0.0949. The molecule has 1 aromatic heterocycles. The molecule has 6 nitrogen and oxygen atoms in total. The van der Waals surface area contributed by atoms with Gasteiger partial charge in [0.25, 0.3) is 11.5 Å². The van der Waals surface area contributed by atoms with Crippen LogP contribution in [0.1, 0.15) is 54.6 Å². The minimum Gasteiger partial charge on any atom is -0.267 e. The average molecular weight is 388 g/mol. The Hall–Kier alpha value is -3.28. The van der Waals surface area contributed by atoms with Gasteiger partial charge in [-0.25, -0.2) is 10.1 Å². The molecule has 29 heavy (non-hydrogen) atoms. The van der Waals surface area contributed by atoms with E-state index in [0.29, 0.717) is 17.3 Å². The van der Waals surface area contributed by atoms with Gasteiger partial charge in [-0.3, -0.25) is 9.59 Å². The Labute approximate surface area is 169 Å². The minimum atomic E-state index is -0.389. The molecule has 1 aliphatic rings. The van der Waals surface area contributed by atoms with E-state index >= 15 is 0 Å². The molecule has 4 rings (SSSR count). The van der Waals surface area contributed by atoms with E-state index in [0.717, 1.165) is 37.0 Å². The highest BCUT2D eigenvalue weighted by molar-refractivity contribution is 6.05. The molecule has 0 atom stereocenters. The number of nitrogens with zero attached hydrogens (tertiary/aromatic N) is 3. The van der Waals surface area contributed by atoms with Crippen molar-refractivity contribution in [3.05, 3.63) is 76.2 Å². The summed E-state index contributed by atoms with van der Waals surface area (Å²) in [7, 11) is 0. The molecule has 0 unspecified atom stereocenters. The summed E-state index contributed by atoms with van der Waals surface area (Å²) in [5.41, 5.74) is 4.65. The first-order chi connectivity index (χ1) is 14.2. The van der Waals surface area contributed by atoms with E-state index in [2.05, 4.69) is 15.6 Å². The molecule has 1 fully saturated rings. The van der Waals surface area contributed by atoms with E-state index in [-0.39, 0.29) is 17.2 Å². The summed E-state index contributed by atoms with van der Waals surface area (Å²) < 4.78 is 1.35. The maximum atomic E-state index is 12.9. The summed E-state index contributed by atoms with van der Waals surface area (Å²) in [6.07, 6.45) is 6.48. The van der Waals surface area contributed by atoms with Crippen molar-refractivity contribution in [2.45, 2.75) is 45.1 Å². The molecule has 0 bridgehead atoms. The van der Waals surface area contributed by atoms with Crippen LogP contribution in [0.15, 0.2) is 64.5 Å². The standard InChI is InChI=1S/C23H24N4O2/c28-22(25-24-18-12-6-1-2-7-13-18)21-19-14-8-9-15-20(19)23(29)27(26-21)16-17-10-4-3-5-11-17/h3-5,8-11,14-15H,1-2,6-7,12-13,16H2,(H,25,28). The average Bonchev–Trinajstić information content (AvgIpc) is 3.04. The van der Waals surface area contributed by atoms with Crippen LogP contribution < -0.4 is 11.0 Å². The molecule has 3 aromatic rings. The van der Waals surface area contributed by atoms with E-state index in [4.69, 9.17) is 0 Å². The molecule has 0 saturated heterocycles. The first kappa shape index (κ1) is 19.1. The zero-order chi connectivity index (χ0) is 20.1. The molecular weight excluding hydrogens is 364 g/mol. The summed E-state index contributed by atoms with van der Waals surface area (Å²) in [5, 5.41) is 9.77. The lowest BCUT2D eigenvalue weighted by Crippen LogP contribution is -2.29. The van der Waals surface area contributed by atoms with Crippen molar-refractivity contribution in [2.24, 2.45) is 5.10 Å². The molecule has 1 N–H and O–H groups in total. The Morgan fingerprint density at radius 2 is 1.59 bits per heavy atom. The first-order valence-corrected chi connectivity index (χ1v) is 10.1. The SMILES string of the molecule is O=C(NN=C1CCCCCC1)c1nn(Cc2ccccc2)c(=O)c2ccccc12. The summed E-state index contributed by atoms with van der Waals surface area (Å²) in [6.45, 7) is 0.305. The number of rotatable bonds is 4. The van der Waals surface area contributed by atoms with Crippen LogP contribution in [0.3, 0.4) is 0 Å². The highest BCUT2D eigenvalue weighted by atomic mass is 16.2. The Balaban J connectivity index is 1.69. The van der Waals surface area contributed by atoms with Crippen LogP contribution in [-0.2, 0) is 6.54 Å². The van der Waals surface area contributed by atoms with Crippen LogP contribution in [0, 0.1) is 0 Å². The van der Waals surface area contributed by atoms with Crippen molar-refractivity contribution in [1.29, 1.82) is 0 Å². The lowest BCUT2D eigenvalue weighted by atomic mass is 10.1. The maximum absolute atomic E-state index is 12.9. The number of hydrazone groups is 1. The minimum absolute atomic E-state index is 0.212. The van der Waals surface area contributed by atoms with Gasteiger partial charge in [0, 0.05) is 11.1 Å². The van der Waals surface area contributed by atoms with Crippen molar-refractivity contribution >= 4 is 22.4 Å². The Kier molecular flexibility index (Phi) is 5.79. The second kappa shape index (κ2) is 8.82.